The molecule has 1 N–H and O–H groups in total. The fourth-order valence-electron chi connectivity index (χ4n) is 2.28. The van der Waals surface area contributed by atoms with Gasteiger partial charge in [-0.2, -0.15) is 13.2 Å². The Labute approximate surface area is 168 Å². The number of nitrogens with one attached hydrogen (secondary N) is 1. The molecule has 4 nitrogen and oxygen atoms in total. The number of carbonyl (C=O) groups is 1. The Morgan fingerprint density at radius 3 is 2.43 bits per heavy atom. The molecule has 9 heteroatoms. The van der Waals surface area contributed by atoms with Gasteiger partial charge in [0, 0.05) is 5.56 Å². The van der Waals surface area contributed by atoms with Crippen molar-refractivity contribution in [2.75, 3.05) is 11.1 Å². The van der Waals surface area contributed by atoms with Gasteiger partial charge < -0.3 is 5.32 Å². The third-order valence-corrected chi connectivity index (χ3v) is 4.88. The third kappa shape index (κ3) is 5.24. The summed E-state index contributed by atoms with van der Waals surface area (Å²) in [4.78, 5) is 12.1. The van der Waals surface area contributed by atoms with Crippen molar-refractivity contribution in [3.8, 4) is 11.3 Å². The summed E-state index contributed by atoms with van der Waals surface area (Å²) in [6.45, 7) is 0. The van der Waals surface area contributed by atoms with Gasteiger partial charge in [0.1, 0.15) is 5.03 Å². The maximum absolute atomic E-state index is 12.8. The second-order valence-corrected chi connectivity index (χ2v) is 7.05. The van der Waals surface area contributed by atoms with Crippen molar-refractivity contribution in [3.05, 3.63) is 71.2 Å². The third-order valence-electron chi connectivity index (χ3n) is 3.63. The summed E-state index contributed by atoms with van der Waals surface area (Å²) < 4.78 is 38.4. The zero-order valence-electron chi connectivity index (χ0n) is 14.2. The van der Waals surface area contributed by atoms with Gasteiger partial charge in [-0.3, -0.25) is 4.79 Å². The van der Waals surface area contributed by atoms with E-state index in [0.717, 1.165) is 35.5 Å². The minimum atomic E-state index is -4.52. The fourth-order valence-corrected chi connectivity index (χ4v) is 3.06. The van der Waals surface area contributed by atoms with Gasteiger partial charge in [0.15, 0.2) is 0 Å². The number of nitrogens with zero attached hydrogens (tertiary/aromatic N) is 2. The quantitative estimate of drug-likeness (QED) is 0.547. The molecule has 3 rings (SSSR count). The number of alkyl halides is 3. The zero-order valence-corrected chi connectivity index (χ0v) is 15.8. The van der Waals surface area contributed by atoms with Crippen LogP contribution in [0.4, 0.5) is 18.9 Å². The minimum Gasteiger partial charge on any atom is -0.324 e. The molecule has 0 aliphatic rings. The number of halogens is 4. The van der Waals surface area contributed by atoms with Gasteiger partial charge >= 0.3 is 6.18 Å². The summed E-state index contributed by atoms with van der Waals surface area (Å²) in [6.07, 6.45) is -4.52. The van der Waals surface area contributed by atoms with Crippen molar-refractivity contribution in [1.29, 1.82) is 0 Å². The lowest BCUT2D eigenvalue weighted by Gasteiger charge is -2.11. The zero-order chi connectivity index (χ0) is 20.1. The standard InChI is InChI=1S/C19H13ClF3N3OS/c20-14-7-6-13(19(21,22)23)10-16(14)24-17(27)11-28-18-9-8-15(25-26-18)12-4-2-1-3-5-12/h1-10H,11H2,(H,24,27). The predicted molar refractivity (Wildman–Crippen MR) is 103 cm³/mol. The highest BCUT2D eigenvalue weighted by molar-refractivity contribution is 7.99. The summed E-state index contributed by atoms with van der Waals surface area (Å²) in [5.74, 6) is -0.550. The van der Waals surface area contributed by atoms with E-state index in [9.17, 15) is 18.0 Å². The summed E-state index contributed by atoms with van der Waals surface area (Å²) >= 11 is 6.99. The van der Waals surface area contributed by atoms with E-state index in [0.29, 0.717) is 10.7 Å². The number of carbonyl (C=O) groups excluding carboxylic acids is 1. The van der Waals surface area contributed by atoms with Crippen LogP contribution in [0.1, 0.15) is 5.56 Å². The Morgan fingerprint density at radius 2 is 1.79 bits per heavy atom. The van der Waals surface area contributed by atoms with Crippen LogP contribution in [-0.4, -0.2) is 21.9 Å². The first-order valence-electron chi connectivity index (χ1n) is 8.01. The normalized spacial score (nSPS) is 11.3. The number of rotatable bonds is 5. The van der Waals surface area contributed by atoms with E-state index >= 15 is 0 Å². The molecule has 1 heterocycles. The van der Waals surface area contributed by atoms with Crippen LogP contribution in [0, 0.1) is 0 Å². The van der Waals surface area contributed by atoms with Gasteiger partial charge in [0.05, 0.1) is 27.7 Å². The van der Waals surface area contributed by atoms with E-state index in [1.54, 1.807) is 12.1 Å². The molecule has 2 aromatic carbocycles. The molecular formula is C19H13ClF3N3OS. The summed E-state index contributed by atoms with van der Waals surface area (Å²) in [5, 5.41) is 11.1. The first-order valence-corrected chi connectivity index (χ1v) is 9.38. The number of benzene rings is 2. The van der Waals surface area contributed by atoms with Crippen LogP contribution in [0.3, 0.4) is 0 Å². The van der Waals surface area contributed by atoms with E-state index in [2.05, 4.69) is 15.5 Å². The minimum absolute atomic E-state index is 0.0263. The van der Waals surface area contributed by atoms with Gasteiger partial charge in [-0.1, -0.05) is 53.7 Å². The van der Waals surface area contributed by atoms with Gasteiger partial charge in [-0.05, 0) is 30.3 Å². The summed E-state index contributed by atoms with van der Waals surface area (Å²) in [5.41, 5.74) is 0.642. The number of thioether (sulfide) groups is 1. The maximum atomic E-state index is 12.8. The lowest BCUT2D eigenvalue weighted by molar-refractivity contribution is -0.137. The maximum Gasteiger partial charge on any atom is 0.416 e. The van der Waals surface area contributed by atoms with Crippen LogP contribution in [0.25, 0.3) is 11.3 Å². The highest BCUT2D eigenvalue weighted by atomic mass is 35.5. The Morgan fingerprint density at radius 1 is 1.04 bits per heavy atom. The van der Waals surface area contributed by atoms with Crippen molar-refractivity contribution in [2.45, 2.75) is 11.2 Å². The average molecular weight is 424 g/mol. The number of aromatic nitrogens is 2. The summed E-state index contributed by atoms with van der Waals surface area (Å²) in [7, 11) is 0. The molecule has 0 fully saturated rings. The van der Waals surface area contributed by atoms with Crippen molar-refractivity contribution in [3.63, 3.8) is 0 Å². The van der Waals surface area contributed by atoms with Crippen molar-refractivity contribution in [2.24, 2.45) is 0 Å². The van der Waals surface area contributed by atoms with Gasteiger partial charge in [-0.15, -0.1) is 10.2 Å². The molecule has 1 aromatic heterocycles. The summed E-state index contributed by atoms with van der Waals surface area (Å²) in [6, 6.07) is 15.8. The van der Waals surface area contributed by atoms with Crippen LogP contribution >= 0.6 is 23.4 Å². The topological polar surface area (TPSA) is 54.9 Å². The Balaban J connectivity index is 1.60. The second-order valence-electron chi connectivity index (χ2n) is 5.65. The predicted octanol–water partition coefficient (Wildman–Crippen LogP) is 5.55. The van der Waals surface area contributed by atoms with Gasteiger partial charge in [0.25, 0.3) is 0 Å². The first kappa shape index (κ1) is 20.2. The molecule has 0 bridgehead atoms. The van der Waals surface area contributed by atoms with Gasteiger partial charge in [0.2, 0.25) is 5.91 Å². The van der Waals surface area contributed by atoms with Crippen LogP contribution in [-0.2, 0) is 11.0 Å². The molecule has 0 unspecified atom stereocenters. The largest absolute Gasteiger partial charge is 0.416 e. The van der Waals surface area contributed by atoms with E-state index in [-0.39, 0.29) is 16.5 Å². The van der Waals surface area contributed by atoms with Crippen LogP contribution in [0.5, 0.6) is 0 Å². The molecule has 0 spiro atoms. The van der Waals surface area contributed by atoms with Crippen molar-refractivity contribution >= 4 is 35.0 Å². The molecule has 1 amide bonds. The van der Waals surface area contributed by atoms with E-state index in [1.807, 2.05) is 30.3 Å². The fraction of sp³-hybridized carbons (Fsp3) is 0.105. The van der Waals surface area contributed by atoms with Crippen LogP contribution < -0.4 is 5.32 Å². The number of anilines is 1. The average Bonchev–Trinajstić information content (AvgIpc) is 2.68. The number of hydrogen-bond acceptors (Lipinski definition) is 4. The molecule has 3 aromatic rings. The first-order chi connectivity index (χ1) is 13.3. The van der Waals surface area contributed by atoms with E-state index < -0.39 is 17.6 Å². The highest BCUT2D eigenvalue weighted by Gasteiger charge is 2.31. The SMILES string of the molecule is O=C(CSc1ccc(-c2ccccc2)nn1)Nc1cc(C(F)(F)F)ccc1Cl. The Kier molecular flexibility index (Phi) is 6.21. The van der Waals surface area contributed by atoms with Crippen LogP contribution in [0.2, 0.25) is 5.02 Å². The van der Waals surface area contributed by atoms with E-state index in [4.69, 9.17) is 11.6 Å². The van der Waals surface area contributed by atoms with Crippen LogP contribution in [0.15, 0.2) is 65.7 Å². The van der Waals surface area contributed by atoms with Crippen molar-refractivity contribution < 1.29 is 18.0 Å². The van der Waals surface area contributed by atoms with Gasteiger partial charge in [-0.25, -0.2) is 0 Å². The number of amides is 1. The molecule has 0 radical (unpaired) electrons. The van der Waals surface area contributed by atoms with Crippen molar-refractivity contribution in [1.82, 2.24) is 10.2 Å². The second kappa shape index (κ2) is 8.62. The Bertz CT molecular complexity index is 966. The molecule has 28 heavy (non-hydrogen) atoms. The lowest BCUT2D eigenvalue weighted by Crippen LogP contribution is -2.15. The van der Waals surface area contributed by atoms with E-state index in [1.165, 1.54) is 0 Å². The Hall–Kier alpha value is -2.58. The number of hydrogen-bond donors (Lipinski definition) is 1. The molecule has 0 aliphatic heterocycles. The molecule has 144 valence electrons. The molecular weight excluding hydrogens is 411 g/mol. The highest BCUT2D eigenvalue weighted by Crippen LogP contribution is 2.34. The molecule has 0 saturated carbocycles. The molecule has 0 atom stereocenters. The molecule has 0 aliphatic carbocycles. The smallest absolute Gasteiger partial charge is 0.324 e. The molecule has 0 saturated heterocycles. The monoisotopic (exact) mass is 423 g/mol. The lowest BCUT2D eigenvalue weighted by atomic mass is 10.1.